The van der Waals surface area contributed by atoms with Crippen LogP contribution in [0.25, 0.3) is 0 Å². The Morgan fingerprint density at radius 1 is 1.41 bits per heavy atom. The van der Waals surface area contributed by atoms with E-state index in [1.165, 1.54) is 0 Å². The molecule has 1 atom stereocenters. The summed E-state index contributed by atoms with van der Waals surface area (Å²) in [6.45, 7) is 0.325. The summed E-state index contributed by atoms with van der Waals surface area (Å²) < 4.78 is 35.7. The quantitative estimate of drug-likeness (QED) is 0.814. The highest BCUT2D eigenvalue weighted by molar-refractivity contribution is 7.99. The fourth-order valence-electron chi connectivity index (χ4n) is 1.63. The fourth-order valence-corrected chi connectivity index (χ4v) is 2.74. The second-order valence-corrected chi connectivity index (χ2v) is 5.33. The van der Waals surface area contributed by atoms with E-state index in [1.54, 1.807) is 6.92 Å². The summed E-state index contributed by atoms with van der Waals surface area (Å²) in [4.78, 5) is 11.4. The standard InChI is InChI=1S/C10H17F3N2OS/c1-7(9(16)14-6-10(11,12)13)15-8-2-4-17-5-3-8/h7-8,15H,2-6H2,1H3,(H,14,16). The van der Waals surface area contributed by atoms with Gasteiger partial charge in [-0.1, -0.05) is 0 Å². The molecule has 100 valence electrons. The minimum absolute atomic E-state index is 0.239. The average molecular weight is 270 g/mol. The van der Waals surface area contributed by atoms with Gasteiger partial charge in [-0.25, -0.2) is 0 Å². The molecular formula is C10H17F3N2OS. The van der Waals surface area contributed by atoms with Crippen molar-refractivity contribution >= 4 is 17.7 Å². The first kappa shape index (κ1) is 14.6. The zero-order valence-electron chi connectivity index (χ0n) is 9.64. The second-order valence-electron chi connectivity index (χ2n) is 4.11. The van der Waals surface area contributed by atoms with Crippen LogP contribution in [0.15, 0.2) is 0 Å². The van der Waals surface area contributed by atoms with E-state index in [9.17, 15) is 18.0 Å². The summed E-state index contributed by atoms with van der Waals surface area (Å²) in [7, 11) is 0. The third-order valence-electron chi connectivity index (χ3n) is 2.56. The Bertz CT molecular complexity index is 254. The van der Waals surface area contributed by atoms with Gasteiger partial charge in [0.2, 0.25) is 5.91 Å². The van der Waals surface area contributed by atoms with Crippen LogP contribution in [0, 0.1) is 0 Å². The average Bonchev–Trinajstić information content (AvgIpc) is 2.26. The molecule has 1 fully saturated rings. The van der Waals surface area contributed by atoms with Gasteiger partial charge in [-0.05, 0) is 31.3 Å². The molecule has 7 heteroatoms. The lowest BCUT2D eigenvalue weighted by molar-refractivity contribution is -0.139. The first-order chi connectivity index (χ1) is 7.88. The number of amides is 1. The van der Waals surface area contributed by atoms with Crippen LogP contribution in [0.3, 0.4) is 0 Å². The number of thioether (sulfide) groups is 1. The van der Waals surface area contributed by atoms with Crippen LogP contribution in [-0.2, 0) is 4.79 Å². The number of halogens is 3. The molecule has 0 saturated carbocycles. The van der Waals surface area contributed by atoms with Crippen molar-refractivity contribution in [2.45, 2.75) is 38.0 Å². The van der Waals surface area contributed by atoms with E-state index in [2.05, 4.69) is 5.32 Å². The van der Waals surface area contributed by atoms with Gasteiger partial charge in [-0.2, -0.15) is 24.9 Å². The molecule has 1 saturated heterocycles. The smallest absolute Gasteiger partial charge is 0.346 e. The topological polar surface area (TPSA) is 41.1 Å². The van der Waals surface area contributed by atoms with Crippen molar-refractivity contribution < 1.29 is 18.0 Å². The molecule has 0 radical (unpaired) electrons. The minimum atomic E-state index is -4.35. The van der Waals surface area contributed by atoms with Gasteiger partial charge < -0.3 is 10.6 Å². The highest BCUT2D eigenvalue weighted by Crippen LogP contribution is 2.17. The van der Waals surface area contributed by atoms with Crippen molar-refractivity contribution in [1.82, 2.24) is 10.6 Å². The molecular weight excluding hydrogens is 253 g/mol. The molecule has 0 aromatic carbocycles. The van der Waals surface area contributed by atoms with E-state index < -0.39 is 24.7 Å². The van der Waals surface area contributed by atoms with E-state index in [1.807, 2.05) is 17.1 Å². The zero-order valence-corrected chi connectivity index (χ0v) is 10.5. The van der Waals surface area contributed by atoms with Gasteiger partial charge in [-0.15, -0.1) is 0 Å². The molecule has 1 aliphatic rings. The van der Waals surface area contributed by atoms with Crippen molar-refractivity contribution in [3.8, 4) is 0 Å². The van der Waals surface area contributed by atoms with Crippen molar-refractivity contribution in [3.05, 3.63) is 0 Å². The predicted octanol–water partition coefficient (Wildman–Crippen LogP) is 1.54. The van der Waals surface area contributed by atoms with Gasteiger partial charge in [0.15, 0.2) is 0 Å². The molecule has 0 spiro atoms. The van der Waals surface area contributed by atoms with Crippen LogP contribution in [0.1, 0.15) is 19.8 Å². The number of rotatable bonds is 4. The largest absolute Gasteiger partial charge is 0.405 e. The number of nitrogens with one attached hydrogen (secondary N) is 2. The number of alkyl halides is 3. The van der Waals surface area contributed by atoms with E-state index in [-0.39, 0.29) is 6.04 Å². The molecule has 17 heavy (non-hydrogen) atoms. The molecule has 3 nitrogen and oxygen atoms in total. The Morgan fingerprint density at radius 2 is 2.00 bits per heavy atom. The van der Waals surface area contributed by atoms with Crippen LogP contribution >= 0.6 is 11.8 Å². The van der Waals surface area contributed by atoms with E-state index in [0.29, 0.717) is 0 Å². The normalized spacial score (nSPS) is 20.0. The second kappa shape index (κ2) is 6.49. The fraction of sp³-hybridized carbons (Fsp3) is 0.900. The molecule has 1 amide bonds. The van der Waals surface area contributed by atoms with Crippen molar-refractivity contribution in [1.29, 1.82) is 0 Å². The molecule has 0 aromatic rings. The molecule has 2 N–H and O–H groups in total. The number of hydrogen-bond donors (Lipinski definition) is 2. The summed E-state index contributed by atoms with van der Waals surface area (Å²) in [5, 5.41) is 4.94. The van der Waals surface area contributed by atoms with Crippen LogP contribution in [-0.4, -0.2) is 42.2 Å². The zero-order chi connectivity index (χ0) is 12.9. The summed E-state index contributed by atoms with van der Waals surface area (Å²) in [5.74, 6) is 1.48. The first-order valence-corrected chi connectivity index (χ1v) is 6.72. The predicted molar refractivity (Wildman–Crippen MR) is 62.0 cm³/mol. The van der Waals surface area contributed by atoms with Gasteiger partial charge in [0, 0.05) is 6.04 Å². The van der Waals surface area contributed by atoms with E-state index in [0.717, 1.165) is 24.3 Å². The van der Waals surface area contributed by atoms with Crippen LogP contribution < -0.4 is 10.6 Å². The molecule has 0 aromatic heterocycles. The molecule has 1 aliphatic heterocycles. The van der Waals surface area contributed by atoms with Crippen LogP contribution in [0.5, 0.6) is 0 Å². The Morgan fingerprint density at radius 3 is 2.53 bits per heavy atom. The minimum Gasteiger partial charge on any atom is -0.346 e. The van der Waals surface area contributed by atoms with Gasteiger partial charge in [0.1, 0.15) is 6.54 Å². The summed E-state index contributed by atoms with van der Waals surface area (Å²) in [6.07, 6.45) is -2.43. The maximum absolute atomic E-state index is 11.9. The lowest BCUT2D eigenvalue weighted by Gasteiger charge is -2.26. The molecule has 0 aliphatic carbocycles. The van der Waals surface area contributed by atoms with E-state index >= 15 is 0 Å². The van der Waals surface area contributed by atoms with Crippen LogP contribution in [0.4, 0.5) is 13.2 Å². The van der Waals surface area contributed by atoms with Gasteiger partial charge in [0.05, 0.1) is 6.04 Å². The molecule has 1 unspecified atom stereocenters. The molecule has 1 rings (SSSR count). The lowest BCUT2D eigenvalue weighted by atomic mass is 10.1. The summed E-state index contributed by atoms with van der Waals surface area (Å²) >= 11 is 1.86. The van der Waals surface area contributed by atoms with Crippen molar-refractivity contribution in [3.63, 3.8) is 0 Å². The van der Waals surface area contributed by atoms with E-state index in [4.69, 9.17) is 0 Å². The molecule has 1 heterocycles. The number of carbonyl (C=O) groups is 1. The van der Waals surface area contributed by atoms with Gasteiger partial charge in [0.25, 0.3) is 0 Å². The third kappa shape index (κ3) is 6.16. The van der Waals surface area contributed by atoms with Crippen LogP contribution in [0.2, 0.25) is 0 Å². The van der Waals surface area contributed by atoms with Gasteiger partial charge in [-0.3, -0.25) is 4.79 Å². The Labute approximate surface area is 103 Å². The monoisotopic (exact) mass is 270 g/mol. The maximum atomic E-state index is 11.9. The lowest BCUT2D eigenvalue weighted by Crippen LogP contribution is -2.49. The number of hydrogen-bond acceptors (Lipinski definition) is 3. The summed E-state index contributed by atoms with van der Waals surface area (Å²) in [6, 6.07) is -0.340. The Balaban J connectivity index is 2.26. The number of carbonyl (C=O) groups excluding carboxylic acids is 1. The molecule has 0 bridgehead atoms. The maximum Gasteiger partial charge on any atom is 0.405 e. The highest BCUT2D eigenvalue weighted by Gasteiger charge is 2.29. The Kier molecular flexibility index (Phi) is 5.58. The van der Waals surface area contributed by atoms with Gasteiger partial charge >= 0.3 is 6.18 Å². The van der Waals surface area contributed by atoms with Crippen molar-refractivity contribution in [2.24, 2.45) is 0 Å². The van der Waals surface area contributed by atoms with Crippen molar-refractivity contribution in [2.75, 3.05) is 18.1 Å². The first-order valence-electron chi connectivity index (χ1n) is 5.57. The Hall–Kier alpha value is -0.430. The summed E-state index contributed by atoms with van der Waals surface area (Å²) in [5.41, 5.74) is 0. The SMILES string of the molecule is CC(NC1CCSCC1)C(=O)NCC(F)(F)F. The highest BCUT2D eigenvalue weighted by atomic mass is 32.2. The third-order valence-corrected chi connectivity index (χ3v) is 3.61.